The molecule has 0 bridgehead atoms. The summed E-state index contributed by atoms with van der Waals surface area (Å²) < 4.78 is 90.4. The number of ketones is 1. The molecule has 1 unspecified atom stereocenters. The zero-order valence-corrected chi connectivity index (χ0v) is 40.9. The molecule has 2 saturated heterocycles. The molecule has 3 aliphatic carbocycles. The van der Waals surface area contributed by atoms with Crippen molar-refractivity contribution < 1.29 is 75.4 Å². The SMILES string of the molecule is COc1cc([C@@H]2c3cc4c(cc3[C@@H](OC(O)N3CCN(C(=O)OC5CCC(Nc6cc(-n7nc(C(F)(F)F)c8c7CC(C)(C)CC8=O)ccc6C(N)=O)CC5)CC3)[C@H]3COC(=O)[C@H]23)OCO4)cc(OC)c1OC. The number of aliphatic hydroxyl groups is 1. The van der Waals surface area contributed by atoms with Crippen molar-refractivity contribution in [3.05, 3.63) is 81.7 Å². The minimum atomic E-state index is -4.86. The number of anilines is 1. The van der Waals surface area contributed by atoms with Gasteiger partial charge < -0.3 is 59.0 Å². The van der Waals surface area contributed by atoms with Crippen LogP contribution in [0.1, 0.15) is 107 Å². The number of nitrogens with zero attached hydrogens (tertiary/aromatic N) is 4. The van der Waals surface area contributed by atoms with Gasteiger partial charge in [0.25, 0.3) is 5.91 Å². The Balaban J connectivity index is 0.776. The van der Waals surface area contributed by atoms with Crippen molar-refractivity contribution in [3.8, 4) is 34.4 Å². The number of esters is 1. The number of aromatic nitrogens is 2. The molecule has 0 radical (unpaired) electrons. The number of nitrogens with one attached hydrogen (secondary N) is 1. The van der Waals surface area contributed by atoms with Crippen molar-refractivity contribution in [1.29, 1.82) is 0 Å². The lowest BCUT2D eigenvalue weighted by Crippen LogP contribution is -2.53. The molecule has 2 amide bonds. The largest absolute Gasteiger partial charge is 0.493 e. The van der Waals surface area contributed by atoms with E-state index in [1.165, 1.54) is 39.5 Å². The summed E-state index contributed by atoms with van der Waals surface area (Å²) in [6.45, 7) is 4.64. The van der Waals surface area contributed by atoms with E-state index in [9.17, 15) is 37.5 Å². The van der Waals surface area contributed by atoms with E-state index in [1.807, 2.05) is 26.0 Å². The molecule has 3 aliphatic heterocycles. The first-order valence-corrected chi connectivity index (χ1v) is 24.2. The van der Waals surface area contributed by atoms with E-state index in [0.29, 0.717) is 71.2 Å². The van der Waals surface area contributed by atoms with Crippen LogP contribution in [-0.4, -0.2) is 128 Å². The van der Waals surface area contributed by atoms with Gasteiger partial charge in [0, 0.05) is 56.2 Å². The Morgan fingerprint density at radius 1 is 0.890 bits per heavy atom. The van der Waals surface area contributed by atoms with Gasteiger partial charge in [-0.2, -0.15) is 18.3 Å². The van der Waals surface area contributed by atoms with Crippen LogP contribution in [0.3, 0.4) is 0 Å². The number of rotatable bonds is 12. The number of hydrogen-bond donors (Lipinski definition) is 3. The van der Waals surface area contributed by atoms with Crippen molar-refractivity contribution >= 4 is 29.4 Å². The molecule has 73 heavy (non-hydrogen) atoms. The number of carbonyl (C=O) groups is 4. The molecule has 3 fully saturated rings. The maximum Gasteiger partial charge on any atom is 0.435 e. The number of halogens is 3. The molecule has 22 heteroatoms. The quantitative estimate of drug-likeness (QED) is 0.104. The Morgan fingerprint density at radius 2 is 1.56 bits per heavy atom. The van der Waals surface area contributed by atoms with Crippen molar-refractivity contribution in [2.45, 2.75) is 89.1 Å². The van der Waals surface area contributed by atoms with Gasteiger partial charge >= 0.3 is 18.2 Å². The summed E-state index contributed by atoms with van der Waals surface area (Å²) in [5.41, 5.74) is 6.41. The zero-order valence-electron chi connectivity index (χ0n) is 40.9. The Morgan fingerprint density at radius 3 is 2.19 bits per heavy atom. The molecule has 1 aromatic heterocycles. The van der Waals surface area contributed by atoms with E-state index in [2.05, 4.69) is 10.4 Å². The molecule has 3 aromatic carbocycles. The van der Waals surface area contributed by atoms with E-state index in [1.54, 1.807) is 21.9 Å². The molecule has 6 aliphatic rings. The van der Waals surface area contributed by atoms with Gasteiger partial charge in [-0.15, -0.1) is 0 Å². The molecule has 4 N–H and O–H groups in total. The molecule has 19 nitrogen and oxygen atoms in total. The second kappa shape index (κ2) is 19.2. The fraction of sp³-hybridized carbons (Fsp3) is 0.510. The molecular weight excluding hydrogens is 962 g/mol. The number of alkyl halides is 3. The summed E-state index contributed by atoms with van der Waals surface area (Å²) in [5, 5.41) is 18.9. The number of ether oxygens (including phenoxy) is 8. The lowest BCUT2D eigenvalue weighted by atomic mass is 9.66. The molecule has 390 valence electrons. The summed E-state index contributed by atoms with van der Waals surface area (Å²) in [5.74, 6) is -1.36. The number of methoxy groups -OCH3 is 3. The highest BCUT2D eigenvalue weighted by Crippen LogP contribution is 2.57. The summed E-state index contributed by atoms with van der Waals surface area (Å²) in [7, 11) is 4.54. The minimum Gasteiger partial charge on any atom is -0.493 e. The van der Waals surface area contributed by atoms with Crippen LogP contribution in [0.4, 0.5) is 23.7 Å². The number of fused-ring (bicyclic) bond motifs is 4. The number of nitrogens with two attached hydrogens (primary N) is 1. The van der Waals surface area contributed by atoms with Gasteiger partial charge in [-0.25, -0.2) is 9.48 Å². The average Bonchev–Trinajstić information content (AvgIpc) is 4.10. The second-order valence-electron chi connectivity index (χ2n) is 20.1. The Hall–Kier alpha value is -6.78. The number of aliphatic hydroxyl groups excluding tert-OH is 1. The fourth-order valence-electron chi connectivity index (χ4n) is 11.4. The van der Waals surface area contributed by atoms with Crippen LogP contribution in [0, 0.1) is 17.3 Å². The predicted octanol–water partition coefficient (Wildman–Crippen LogP) is 6.35. The number of primary amides is 1. The second-order valence-corrected chi connectivity index (χ2v) is 20.1. The van der Waals surface area contributed by atoms with Crippen LogP contribution >= 0.6 is 0 Å². The first kappa shape index (κ1) is 49.8. The topological polar surface area (TPSA) is 225 Å². The molecule has 4 heterocycles. The Bertz CT molecular complexity index is 2810. The molecule has 4 aromatic rings. The lowest BCUT2D eigenvalue weighted by Gasteiger charge is -2.42. The third kappa shape index (κ3) is 9.32. The van der Waals surface area contributed by atoms with Gasteiger partial charge in [-0.1, -0.05) is 13.8 Å². The number of amides is 2. The highest BCUT2D eigenvalue weighted by molar-refractivity contribution is 6.01. The maximum atomic E-state index is 14.2. The standard InChI is InChI=1S/C51H57F3N6O13/c1-50(2)21-34-42(35(61)22-50)45(51(52,53)54)57-60(34)27-8-11-29(46(55)62)33(18-27)56-26-6-9-28(10-7-26)72-48(64)58-12-14-59(15-13-58)49(65)73-43-31-20-37-36(70-24-71-37)19-30(31)40(41-32(43)23-69-47(41)63)25-16-38(66-3)44(68-5)39(17-25)67-4/h8,11,16-20,26,28,32,40-41,43,49,56,65H,6-7,9-10,12-15,21-24H2,1-5H3,(H2,55,62)/t26?,28?,32-,40+,41-,43+,49?/m0/s1. The van der Waals surface area contributed by atoms with Gasteiger partial charge in [0.15, 0.2) is 34.5 Å². The van der Waals surface area contributed by atoms with Crippen LogP contribution in [0.25, 0.3) is 5.69 Å². The van der Waals surface area contributed by atoms with E-state index in [0.717, 1.165) is 10.2 Å². The van der Waals surface area contributed by atoms with Crippen LogP contribution in [0.2, 0.25) is 0 Å². The molecule has 0 spiro atoms. The van der Waals surface area contributed by atoms with Crippen LogP contribution in [0.5, 0.6) is 28.7 Å². The lowest BCUT2D eigenvalue weighted by molar-refractivity contribution is -0.238. The molecule has 10 rings (SSSR count). The van der Waals surface area contributed by atoms with Crippen molar-refractivity contribution in [1.82, 2.24) is 19.6 Å². The summed E-state index contributed by atoms with van der Waals surface area (Å²) in [6, 6.07) is 11.5. The van der Waals surface area contributed by atoms with Crippen LogP contribution in [-0.2, 0) is 31.6 Å². The van der Waals surface area contributed by atoms with E-state index in [-0.39, 0.29) is 75.4 Å². The van der Waals surface area contributed by atoms with E-state index >= 15 is 0 Å². The van der Waals surface area contributed by atoms with Gasteiger partial charge in [0.05, 0.1) is 62.5 Å². The summed E-state index contributed by atoms with van der Waals surface area (Å²) >= 11 is 0. The first-order chi connectivity index (χ1) is 34.9. The summed E-state index contributed by atoms with van der Waals surface area (Å²) in [4.78, 5) is 56.1. The first-order valence-electron chi connectivity index (χ1n) is 24.2. The van der Waals surface area contributed by atoms with Crippen molar-refractivity contribution in [2.24, 2.45) is 23.0 Å². The number of cyclic esters (lactones) is 1. The number of piperazine rings is 1. The molecule has 5 atom stereocenters. The molecule has 1 saturated carbocycles. The van der Waals surface area contributed by atoms with Gasteiger partial charge in [-0.05, 0) is 96.7 Å². The number of benzene rings is 3. The maximum absolute atomic E-state index is 14.2. The van der Waals surface area contributed by atoms with Crippen molar-refractivity contribution in [2.75, 3.05) is 66.2 Å². The number of Topliss-reactive ketones (excluding diaryl/α,β-unsaturated/α-hetero) is 1. The van der Waals surface area contributed by atoms with Crippen molar-refractivity contribution in [3.63, 3.8) is 0 Å². The number of hydrogen-bond acceptors (Lipinski definition) is 16. The zero-order chi connectivity index (χ0) is 51.7. The van der Waals surface area contributed by atoms with Gasteiger partial charge in [0.1, 0.15) is 6.10 Å². The minimum absolute atomic E-state index is 0.0115. The Kier molecular flexibility index (Phi) is 13.1. The molecular formula is C51H57F3N6O13. The van der Waals surface area contributed by atoms with Gasteiger partial charge in [0.2, 0.25) is 19.0 Å². The smallest absolute Gasteiger partial charge is 0.435 e. The third-order valence-corrected chi connectivity index (χ3v) is 14.9. The average molecular weight is 1020 g/mol. The van der Waals surface area contributed by atoms with E-state index < -0.39 is 83.0 Å². The third-order valence-electron chi connectivity index (χ3n) is 14.9. The highest BCUT2D eigenvalue weighted by atomic mass is 19.4. The normalized spacial score (nSPS) is 24.7. The predicted molar refractivity (Wildman–Crippen MR) is 251 cm³/mol. The highest BCUT2D eigenvalue weighted by Gasteiger charge is 2.54. The monoisotopic (exact) mass is 1020 g/mol. The van der Waals surface area contributed by atoms with Crippen LogP contribution < -0.4 is 34.7 Å². The number of carbonyl (C=O) groups excluding carboxylic acids is 4. The summed E-state index contributed by atoms with van der Waals surface area (Å²) in [6.07, 6.45) is -5.83. The van der Waals surface area contributed by atoms with Crippen LogP contribution in [0.15, 0.2) is 42.5 Å². The van der Waals surface area contributed by atoms with E-state index in [4.69, 9.17) is 43.6 Å². The fourth-order valence-corrected chi connectivity index (χ4v) is 11.4. The Labute approximate surface area is 417 Å². The van der Waals surface area contributed by atoms with Gasteiger partial charge in [-0.3, -0.25) is 19.3 Å².